The minimum absolute atomic E-state index is 0.0291. The lowest BCUT2D eigenvalue weighted by atomic mass is 10.0. The Bertz CT molecular complexity index is 2340. The van der Waals surface area contributed by atoms with Gasteiger partial charge in [0.2, 0.25) is 5.95 Å². The Kier molecular flexibility index (Phi) is 14.8. The van der Waals surface area contributed by atoms with Gasteiger partial charge in [-0.15, -0.1) is 11.3 Å². The molecule has 1 aliphatic carbocycles. The lowest BCUT2D eigenvalue weighted by Gasteiger charge is -2.36. The van der Waals surface area contributed by atoms with Gasteiger partial charge in [0.15, 0.2) is 10.9 Å². The Morgan fingerprint density at radius 3 is 2.30 bits per heavy atom. The van der Waals surface area contributed by atoms with Crippen molar-refractivity contribution in [2.75, 3.05) is 73.2 Å². The van der Waals surface area contributed by atoms with Crippen molar-refractivity contribution in [2.45, 2.75) is 98.4 Å². The molecule has 7 rings (SSSR count). The standard InChI is InChI=1S/C46H61N11O3S/c1-30-37(43(59)54-46-51-32(3)34(5)61-46)16-13-17-39(30)48-21-12-8-6-7-11-20-47-22-23-55-24-26-56(27-25-55)36-18-19-40(49-28-36)52-45-50-29-38-31(2)41(33(4)58)44(60)57(42(38)53-45)35-14-9-10-15-35/h13,16-19,28-29,35,47-48H,6-12,14-15,20-27H2,1-5H3,(H,51,54,59)(H,49,50,52,53). The monoisotopic (exact) mass is 847 g/mol. The van der Waals surface area contributed by atoms with Gasteiger partial charge < -0.3 is 20.9 Å². The average molecular weight is 848 g/mol. The number of ketones is 1. The Morgan fingerprint density at radius 1 is 0.836 bits per heavy atom. The van der Waals surface area contributed by atoms with Crippen LogP contribution in [0.3, 0.4) is 0 Å². The van der Waals surface area contributed by atoms with Gasteiger partial charge in [-0.1, -0.05) is 38.2 Å². The number of piperazine rings is 1. The predicted octanol–water partition coefficient (Wildman–Crippen LogP) is 7.96. The van der Waals surface area contributed by atoms with Crippen LogP contribution in [0.2, 0.25) is 0 Å². The summed E-state index contributed by atoms with van der Waals surface area (Å²) in [4.78, 5) is 63.4. The van der Waals surface area contributed by atoms with Crippen LogP contribution in [0.5, 0.6) is 0 Å². The number of unbranched alkanes of at least 4 members (excludes halogenated alkanes) is 4. The number of anilines is 5. The number of rotatable bonds is 19. The molecule has 1 aromatic carbocycles. The number of nitrogens with one attached hydrogen (secondary N) is 4. The van der Waals surface area contributed by atoms with Crippen molar-refractivity contribution in [2.24, 2.45) is 0 Å². The molecule has 1 aliphatic heterocycles. The molecule has 4 N–H and O–H groups in total. The summed E-state index contributed by atoms with van der Waals surface area (Å²) in [5.41, 5.74) is 5.85. The highest BCUT2D eigenvalue weighted by atomic mass is 32.1. The van der Waals surface area contributed by atoms with Gasteiger partial charge in [0.1, 0.15) is 11.5 Å². The molecule has 324 valence electrons. The van der Waals surface area contributed by atoms with Gasteiger partial charge in [-0.05, 0) is 102 Å². The third-order valence-electron chi connectivity index (χ3n) is 12.3. The van der Waals surface area contributed by atoms with Gasteiger partial charge in [-0.2, -0.15) is 4.98 Å². The van der Waals surface area contributed by atoms with Crippen molar-refractivity contribution in [3.8, 4) is 0 Å². The summed E-state index contributed by atoms with van der Waals surface area (Å²) in [5, 5.41) is 14.7. The maximum Gasteiger partial charge on any atom is 0.263 e. The highest BCUT2D eigenvalue weighted by Crippen LogP contribution is 2.32. The Hall–Kier alpha value is -5.25. The van der Waals surface area contributed by atoms with Crippen molar-refractivity contribution < 1.29 is 9.59 Å². The van der Waals surface area contributed by atoms with E-state index in [1.807, 2.05) is 51.2 Å². The van der Waals surface area contributed by atoms with Gasteiger partial charge >= 0.3 is 0 Å². The number of amides is 1. The molecule has 1 saturated carbocycles. The third-order valence-corrected chi connectivity index (χ3v) is 13.2. The SMILES string of the molecule is CC(=O)c1c(C)c2cnc(Nc3ccc(N4CCN(CCNCCCCCCCNc5cccc(C(=O)Nc6nc(C)c(C)s6)c5C)CC4)cn3)nc2n(C2CCCC2)c1=O. The predicted molar refractivity (Wildman–Crippen MR) is 247 cm³/mol. The fraction of sp³-hybridized carbons (Fsp3) is 0.500. The zero-order valence-corrected chi connectivity index (χ0v) is 37.2. The van der Waals surface area contributed by atoms with E-state index in [1.54, 1.807) is 17.7 Å². The number of thiazole rings is 1. The molecule has 1 amide bonds. The largest absolute Gasteiger partial charge is 0.385 e. The molecule has 14 nitrogen and oxygen atoms in total. The van der Waals surface area contributed by atoms with E-state index >= 15 is 0 Å². The number of aryl methyl sites for hydroxylation is 3. The maximum atomic E-state index is 13.6. The number of fused-ring (bicyclic) bond motifs is 1. The molecule has 0 bridgehead atoms. The molecule has 0 atom stereocenters. The summed E-state index contributed by atoms with van der Waals surface area (Å²) in [5.74, 6) is 0.653. The summed E-state index contributed by atoms with van der Waals surface area (Å²) in [7, 11) is 0. The van der Waals surface area contributed by atoms with Crippen molar-refractivity contribution in [3.05, 3.63) is 85.9 Å². The number of Topliss-reactive ketones (excluding diaryl/α,β-unsaturated/α-hetero) is 1. The average Bonchev–Trinajstić information content (AvgIpc) is 3.89. The van der Waals surface area contributed by atoms with E-state index in [0.717, 1.165) is 117 Å². The molecule has 2 aliphatic rings. The molecule has 0 radical (unpaired) electrons. The van der Waals surface area contributed by atoms with E-state index in [1.165, 1.54) is 43.9 Å². The smallest absolute Gasteiger partial charge is 0.263 e. The fourth-order valence-electron chi connectivity index (χ4n) is 8.55. The van der Waals surface area contributed by atoms with Crippen LogP contribution in [0, 0.1) is 27.7 Å². The maximum absolute atomic E-state index is 13.6. The quantitative estimate of drug-likeness (QED) is 0.0469. The molecule has 0 spiro atoms. The van der Waals surface area contributed by atoms with Crippen molar-refractivity contribution >= 4 is 62.3 Å². The van der Waals surface area contributed by atoms with E-state index in [-0.39, 0.29) is 28.9 Å². The molecule has 5 heterocycles. The Labute approximate surface area is 363 Å². The zero-order valence-electron chi connectivity index (χ0n) is 36.4. The second kappa shape index (κ2) is 20.5. The van der Waals surface area contributed by atoms with Crippen LogP contribution in [-0.2, 0) is 0 Å². The van der Waals surface area contributed by atoms with Crippen LogP contribution in [-0.4, -0.2) is 93.5 Å². The van der Waals surface area contributed by atoms with Crippen LogP contribution in [0.4, 0.5) is 28.3 Å². The summed E-state index contributed by atoms with van der Waals surface area (Å²) >= 11 is 1.50. The first kappa shape index (κ1) is 43.8. The van der Waals surface area contributed by atoms with Crippen LogP contribution in [0.1, 0.15) is 113 Å². The van der Waals surface area contributed by atoms with Crippen LogP contribution >= 0.6 is 11.3 Å². The summed E-state index contributed by atoms with van der Waals surface area (Å²) in [6.07, 6.45) is 13.4. The molecule has 1 saturated heterocycles. The lowest BCUT2D eigenvalue weighted by Crippen LogP contribution is -2.48. The van der Waals surface area contributed by atoms with E-state index in [2.05, 4.69) is 52.1 Å². The normalized spacial score (nSPS) is 14.8. The number of hydrogen-bond donors (Lipinski definition) is 4. The van der Waals surface area contributed by atoms with Gasteiger partial charge in [-0.3, -0.25) is 29.2 Å². The van der Waals surface area contributed by atoms with Crippen molar-refractivity contribution in [3.63, 3.8) is 0 Å². The van der Waals surface area contributed by atoms with Crippen LogP contribution in [0.25, 0.3) is 11.0 Å². The first-order valence-corrected chi connectivity index (χ1v) is 22.8. The molecule has 2 fully saturated rings. The second-order valence-electron chi connectivity index (χ2n) is 16.5. The highest BCUT2D eigenvalue weighted by Gasteiger charge is 2.26. The van der Waals surface area contributed by atoms with E-state index in [9.17, 15) is 14.4 Å². The summed E-state index contributed by atoms with van der Waals surface area (Å²) in [6, 6.07) is 9.90. The first-order valence-electron chi connectivity index (χ1n) is 22.0. The van der Waals surface area contributed by atoms with Gasteiger partial charge in [0.05, 0.1) is 23.1 Å². The molecule has 15 heteroatoms. The minimum Gasteiger partial charge on any atom is -0.385 e. The Balaban J connectivity index is 0.766. The summed E-state index contributed by atoms with van der Waals surface area (Å²) in [6.45, 7) is 17.1. The third kappa shape index (κ3) is 10.8. The number of nitrogens with zero attached hydrogens (tertiary/aromatic N) is 7. The van der Waals surface area contributed by atoms with Gasteiger partial charge in [0, 0.05) is 79.6 Å². The zero-order chi connectivity index (χ0) is 42.9. The first-order chi connectivity index (χ1) is 29.6. The van der Waals surface area contributed by atoms with Crippen LogP contribution in [0.15, 0.2) is 47.5 Å². The molecule has 5 aromatic rings. The molecular weight excluding hydrogens is 787 g/mol. The van der Waals surface area contributed by atoms with Gasteiger partial charge in [0.25, 0.3) is 11.5 Å². The van der Waals surface area contributed by atoms with Crippen molar-refractivity contribution in [1.29, 1.82) is 0 Å². The molecular formula is C46H61N11O3S. The highest BCUT2D eigenvalue weighted by molar-refractivity contribution is 7.15. The number of pyridine rings is 2. The van der Waals surface area contributed by atoms with E-state index in [4.69, 9.17) is 4.98 Å². The number of benzene rings is 1. The van der Waals surface area contributed by atoms with E-state index in [0.29, 0.717) is 33.7 Å². The second-order valence-corrected chi connectivity index (χ2v) is 17.7. The van der Waals surface area contributed by atoms with Gasteiger partial charge in [-0.25, -0.2) is 15.0 Å². The molecule has 4 aromatic heterocycles. The lowest BCUT2D eigenvalue weighted by molar-refractivity contribution is 0.101. The minimum atomic E-state index is -0.256. The number of aromatic nitrogens is 5. The van der Waals surface area contributed by atoms with Crippen LogP contribution < -0.4 is 31.7 Å². The summed E-state index contributed by atoms with van der Waals surface area (Å²) < 4.78 is 1.73. The number of hydrogen-bond acceptors (Lipinski definition) is 13. The van der Waals surface area contributed by atoms with Crippen molar-refractivity contribution in [1.82, 2.24) is 34.7 Å². The number of carbonyl (C=O) groups is 2. The fourth-order valence-corrected chi connectivity index (χ4v) is 9.36. The topological polar surface area (TPSA) is 162 Å². The van der Waals surface area contributed by atoms with E-state index < -0.39 is 0 Å². The number of carbonyl (C=O) groups excluding carboxylic acids is 2. The molecule has 61 heavy (non-hydrogen) atoms. The Morgan fingerprint density at radius 2 is 1.59 bits per heavy atom. The molecule has 0 unspecified atom stereocenters.